The lowest BCUT2D eigenvalue weighted by atomic mass is 9.98. The minimum Gasteiger partial charge on any atom is -0.327 e. The highest BCUT2D eigenvalue weighted by Crippen LogP contribution is 2.09. The SMILES string of the molecule is CN1CCN(C(=O)NCC#CC(C)(C)C)CC1. The lowest BCUT2D eigenvalue weighted by molar-refractivity contribution is 0.155. The van der Waals surface area contributed by atoms with Crippen molar-refractivity contribution in [2.45, 2.75) is 20.8 Å². The molecule has 1 N–H and O–H groups in total. The third-order valence-electron chi connectivity index (χ3n) is 2.58. The van der Waals surface area contributed by atoms with Crippen molar-refractivity contribution in [3.05, 3.63) is 0 Å². The molecule has 1 aliphatic heterocycles. The van der Waals surface area contributed by atoms with Gasteiger partial charge in [0.2, 0.25) is 0 Å². The van der Waals surface area contributed by atoms with Crippen LogP contribution in [0.4, 0.5) is 4.79 Å². The largest absolute Gasteiger partial charge is 0.327 e. The summed E-state index contributed by atoms with van der Waals surface area (Å²) in [5, 5.41) is 2.83. The van der Waals surface area contributed by atoms with E-state index in [1.807, 2.05) is 4.90 Å². The summed E-state index contributed by atoms with van der Waals surface area (Å²) in [5.41, 5.74) is -0.00142. The molecule has 1 fully saturated rings. The van der Waals surface area contributed by atoms with Gasteiger partial charge in [-0.1, -0.05) is 11.8 Å². The Bertz CT molecular complexity index is 314. The molecule has 0 saturated carbocycles. The van der Waals surface area contributed by atoms with Crippen molar-refractivity contribution in [2.75, 3.05) is 39.8 Å². The first-order valence-corrected chi connectivity index (χ1v) is 6.10. The zero-order chi connectivity index (χ0) is 12.9. The Balaban J connectivity index is 2.27. The van der Waals surface area contributed by atoms with E-state index in [0.29, 0.717) is 6.54 Å². The zero-order valence-electron chi connectivity index (χ0n) is 11.3. The number of rotatable bonds is 1. The number of carbonyl (C=O) groups excluding carboxylic acids is 1. The van der Waals surface area contributed by atoms with Gasteiger partial charge in [0, 0.05) is 31.6 Å². The Hall–Kier alpha value is -1.21. The van der Waals surface area contributed by atoms with Gasteiger partial charge in [0.25, 0.3) is 0 Å². The van der Waals surface area contributed by atoms with Gasteiger partial charge in [0.05, 0.1) is 6.54 Å². The molecule has 0 unspecified atom stereocenters. The van der Waals surface area contributed by atoms with E-state index in [1.165, 1.54) is 0 Å². The summed E-state index contributed by atoms with van der Waals surface area (Å²) < 4.78 is 0. The van der Waals surface area contributed by atoms with E-state index in [-0.39, 0.29) is 11.4 Å². The van der Waals surface area contributed by atoms with Crippen LogP contribution in [-0.4, -0.2) is 55.6 Å². The number of nitrogens with one attached hydrogen (secondary N) is 1. The minimum absolute atomic E-state index is 0.00121. The number of urea groups is 1. The van der Waals surface area contributed by atoms with Gasteiger partial charge in [-0.05, 0) is 27.8 Å². The summed E-state index contributed by atoms with van der Waals surface area (Å²) in [6.07, 6.45) is 0. The topological polar surface area (TPSA) is 35.6 Å². The van der Waals surface area contributed by atoms with E-state index < -0.39 is 0 Å². The van der Waals surface area contributed by atoms with Crippen LogP contribution < -0.4 is 5.32 Å². The van der Waals surface area contributed by atoms with Gasteiger partial charge in [-0.15, -0.1) is 0 Å². The quantitative estimate of drug-likeness (QED) is 0.690. The fraction of sp³-hybridized carbons (Fsp3) is 0.769. The average Bonchev–Trinajstić information content (AvgIpc) is 2.24. The number of hydrogen-bond acceptors (Lipinski definition) is 2. The van der Waals surface area contributed by atoms with Crippen LogP contribution >= 0.6 is 0 Å². The number of nitrogens with zero attached hydrogens (tertiary/aromatic N) is 2. The Morgan fingerprint density at radius 1 is 1.24 bits per heavy atom. The first-order chi connectivity index (χ1) is 7.88. The lowest BCUT2D eigenvalue weighted by Gasteiger charge is -2.32. The zero-order valence-corrected chi connectivity index (χ0v) is 11.3. The van der Waals surface area contributed by atoms with Crippen LogP contribution in [0.2, 0.25) is 0 Å². The van der Waals surface area contributed by atoms with Gasteiger partial charge >= 0.3 is 6.03 Å². The predicted octanol–water partition coefficient (Wildman–Crippen LogP) is 0.993. The van der Waals surface area contributed by atoms with Crippen molar-refractivity contribution in [1.82, 2.24) is 15.1 Å². The van der Waals surface area contributed by atoms with Crippen LogP contribution in [0.3, 0.4) is 0 Å². The molecule has 1 rings (SSSR count). The number of carbonyl (C=O) groups is 1. The highest BCUT2D eigenvalue weighted by atomic mass is 16.2. The van der Waals surface area contributed by atoms with Crippen LogP contribution in [-0.2, 0) is 0 Å². The summed E-state index contributed by atoms with van der Waals surface area (Å²) in [5.74, 6) is 6.08. The molecule has 17 heavy (non-hydrogen) atoms. The first-order valence-electron chi connectivity index (χ1n) is 6.10. The van der Waals surface area contributed by atoms with Crippen molar-refractivity contribution < 1.29 is 4.79 Å². The molecule has 4 nitrogen and oxygen atoms in total. The molecule has 0 aromatic carbocycles. The molecule has 1 heterocycles. The molecular weight excluding hydrogens is 214 g/mol. The molecule has 4 heteroatoms. The summed E-state index contributed by atoms with van der Waals surface area (Å²) >= 11 is 0. The molecule has 0 spiro atoms. The molecule has 1 aliphatic rings. The number of piperazine rings is 1. The second-order valence-corrected chi connectivity index (χ2v) is 5.50. The molecule has 0 atom stereocenters. The molecule has 2 amide bonds. The van der Waals surface area contributed by atoms with E-state index in [9.17, 15) is 4.79 Å². The van der Waals surface area contributed by atoms with Gasteiger partial charge in [-0.2, -0.15) is 0 Å². The highest BCUT2D eigenvalue weighted by Gasteiger charge is 2.17. The summed E-state index contributed by atoms with van der Waals surface area (Å²) in [7, 11) is 2.07. The third-order valence-corrected chi connectivity index (χ3v) is 2.58. The van der Waals surface area contributed by atoms with Crippen LogP contribution in [0, 0.1) is 17.3 Å². The van der Waals surface area contributed by atoms with Crippen molar-refractivity contribution in [3.8, 4) is 11.8 Å². The summed E-state index contributed by atoms with van der Waals surface area (Å²) in [6, 6.07) is 0.00121. The summed E-state index contributed by atoms with van der Waals surface area (Å²) in [4.78, 5) is 15.8. The van der Waals surface area contributed by atoms with Crippen molar-refractivity contribution in [2.24, 2.45) is 5.41 Å². The number of hydrogen-bond donors (Lipinski definition) is 1. The molecular formula is C13H23N3O. The molecule has 0 radical (unpaired) electrons. The Kier molecular flexibility index (Phi) is 4.83. The molecule has 0 aromatic heterocycles. The maximum atomic E-state index is 11.8. The Morgan fingerprint density at radius 2 is 1.82 bits per heavy atom. The number of likely N-dealkylation sites (N-methyl/N-ethyl adjacent to an activating group) is 1. The van der Waals surface area contributed by atoms with E-state index in [4.69, 9.17) is 0 Å². The molecule has 0 bridgehead atoms. The van der Waals surface area contributed by atoms with Crippen LogP contribution in [0.5, 0.6) is 0 Å². The summed E-state index contributed by atoms with van der Waals surface area (Å²) in [6.45, 7) is 10.1. The maximum absolute atomic E-state index is 11.8. The maximum Gasteiger partial charge on any atom is 0.318 e. The lowest BCUT2D eigenvalue weighted by Crippen LogP contribution is -2.50. The van der Waals surface area contributed by atoms with Gasteiger partial charge < -0.3 is 15.1 Å². The van der Waals surface area contributed by atoms with E-state index in [1.54, 1.807) is 0 Å². The standard InChI is InChI=1S/C13H23N3O/c1-13(2,3)6-5-7-14-12(17)16-10-8-15(4)9-11-16/h7-11H2,1-4H3,(H,14,17). The van der Waals surface area contributed by atoms with Gasteiger partial charge in [0.15, 0.2) is 0 Å². The van der Waals surface area contributed by atoms with Crippen molar-refractivity contribution in [3.63, 3.8) is 0 Å². The Labute approximate surface area is 104 Å². The highest BCUT2D eigenvalue weighted by molar-refractivity contribution is 5.74. The average molecular weight is 237 g/mol. The van der Waals surface area contributed by atoms with Gasteiger partial charge in [-0.25, -0.2) is 4.79 Å². The van der Waals surface area contributed by atoms with Crippen molar-refractivity contribution in [1.29, 1.82) is 0 Å². The van der Waals surface area contributed by atoms with Gasteiger partial charge in [0.1, 0.15) is 0 Å². The second kappa shape index (κ2) is 5.92. The monoisotopic (exact) mass is 237 g/mol. The molecule has 0 aliphatic carbocycles. The molecule has 96 valence electrons. The normalized spacial score (nSPS) is 17.3. The first kappa shape index (κ1) is 13.9. The third kappa shape index (κ3) is 5.60. The van der Waals surface area contributed by atoms with E-state index in [0.717, 1.165) is 26.2 Å². The van der Waals surface area contributed by atoms with Crippen molar-refractivity contribution >= 4 is 6.03 Å². The molecule has 1 saturated heterocycles. The smallest absolute Gasteiger partial charge is 0.318 e. The fourth-order valence-corrected chi connectivity index (χ4v) is 1.55. The van der Waals surface area contributed by atoms with E-state index >= 15 is 0 Å². The molecule has 0 aromatic rings. The van der Waals surface area contributed by atoms with Crippen LogP contribution in [0.25, 0.3) is 0 Å². The van der Waals surface area contributed by atoms with Crippen LogP contribution in [0.1, 0.15) is 20.8 Å². The fourth-order valence-electron chi connectivity index (χ4n) is 1.55. The van der Waals surface area contributed by atoms with Gasteiger partial charge in [-0.3, -0.25) is 0 Å². The predicted molar refractivity (Wildman–Crippen MR) is 69.7 cm³/mol. The van der Waals surface area contributed by atoms with Crippen LogP contribution in [0.15, 0.2) is 0 Å². The minimum atomic E-state index is -0.00142. The Morgan fingerprint density at radius 3 is 2.35 bits per heavy atom. The second-order valence-electron chi connectivity index (χ2n) is 5.50. The van der Waals surface area contributed by atoms with E-state index in [2.05, 4.69) is 49.9 Å². The number of amides is 2.